The van der Waals surface area contributed by atoms with E-state index in [4.69, 9.17) is 5.11 Å². The molecule has 1 aromatic carbocycles. The zero-order valence-electron chi connectivity index (χ0n) is 12.1. The van der Waals surface area contributed by atoms with Crippen molar-refractivity contribution in [3.8, 4) is 5.75 Å². The first-order valence-corrected chi connectivity index (χ1v) is 6.65. The van der Waals surface area contributed by atoms with Gasteiger partial charge in [0.1, 0.15) is 5.75 Å². The quantitative estimate of drug-likeness (QED) is 0.811. The Hall–Kier alpha value is -1.89. The highest BCUT2D eigenvalue weighted by Crippen LogP contribution is 2.22. The van der Waals surface area contributed by atoms with Gasteiger partial charge >= 0.3 is 12.6 Å². The van der Waals surface area contributed by atoms with E-state index in [1.165, 1.54) is 11.0 Å². The molecule has 118 valence electrons. The Balaban J connectivity index is 2.73. The molecule has 7 heteroatoms. The standard InChI is InChI=1S/C14H20F2N2O3/c1-3-18(6-7-19)14(20)17-9-11-8-10(2)4-5-12(11)21-13(15)16/h4-5,8,13,19H,3,6-7,9H2,1-2H3,(H,17,20). The maximum Gasteiger partial charge on any atom is 0.387 e. The summed E-state index contributed by atoms with van der Waals surface area (Å²) in [7, 11) is 0. The van der Waals surface area contributed by atoms with Crippen molar-refractivity contribution in [3.05, 3.63) is 29.3 Å². The topological polar surface area (TPSA) is 61.8 Å². The number of rotatable bonds is 7. The summed E-state index contributed by atoms with van der Waals surface area (Å²) < 4.78 is 29.1. The van der Waals surface area contributed by atoms with E-state index in [1.54, 1.807) is 19.1 Å². The van der Waals surface area contributed by atoms with Crippen LogP contribution in [0.1, 0.15) is 18.1 Å². The molecule has 0 aliphatic carbocycles. The van der Waals surface area contributed by atoms with Gasteiger partial charge in [0, 0.05) is 25.2 Å². The largest absolute Gasteiger partial charge is 0.434 e. The number of nitrogens with zero attached hydrogens (tertiary/aromatic N) is 1. The van der Waals surface area contributed by atoms with Crippen LogP contribution in [0, 0.1) is 6.92 Å². The minimum atomic E-state index is -2.91. The lowest BCUT2D eigenvalue weighted by molar-refractivity contribution is -0.0504. The van der Waals surface area contributed by atoms with Crippen molar-refractivity contribution < 1.29 is 23.4 Å². The van der Waals surface area contributed by atoms with Crippen molar-refractivity contribution in [2.45, 2.75) is 27.0 Å². The van der Waals surface area contributed by atoms with E-state index in [0.717, 1.165) is 5.56 Å². The molecule has 0 heterocycles. The Morgan fingerprint density at radius 3 is 2.76 bits per heavy atom. The van der Waals surface area contributed by atoms with Gasteiger partial charge in [-0.2, -0.15) is 8.78 Å². The maximum absolute atomic E-state index is 12.3. The molecule has 0 aliphatic rings. The van der Waals surface area contributed by atoms with Crippen molar-refractivity contribution in [1.29, 1.82) is 0 Å². The second kappa shape index (κ2) is 8.41. The number of halogens is 2. The molecule has 1 rings (SSSR count). The Kier molecular flexibility index (Phi) is 6.87. The highest BCUT2D eigenvalue weighted by molar-refractivity contribution is 5.74. The number of alkyl halides is 2. The summed E-state index contributed by atoms with van der Waals surface area (Å²) in [6, 6.07) is 4.43. The summed E-state index contributed by atoms with van der Waals surface area (Å²) in [5.74, 6) is 0.0427. The number of benzene rings is 1. The Bertz CT molecular complexity index is 470. The third-order valence-electron chi connectivity index (χ3n) is 2.90. The zero-order valence-corrected chi connectivity index (χ0v) is 12.1. The average Bonchev–Trinajstić information content (AvgIpc) is 2.44. The molecule has 0 saturated heterocycles. The molecule has 21 heavy (non-hydrogen) atoms. The van der Waals surface area contributed by atoms with Crippen LogP contribution in [0.15, 0.2) is 18.2 Å². The number of ether oxygens (including phenoxy) is 1. The molecule has 2 amide bonds. The lowest BCUT2D eigenvalue weighted by atomic mass is 10.1. The number of aryl methyl sites for hydroxylation is 1. The molecule has 0 saturated carbocycles. The first kappa shape index (κ1) is 17.2. The van der Waals surface area contributed by atoms with E-state index < -0.39 is 6.61 Å². The Morgan fingerprint density at radius 1 is 1.48 bits per heavy atom. The summed E-state index contributed by atoms with van der Waals surface area (Å²) in [4.78, 5) is 13.3. The van der Waals surface area contributed by atoms with Crippen LogP contribution in [0.5, 0.6) is 5.75 Å². The molecule has 0 fully saturated rings. The molecular weight excluding hydrogens is 282 g/mol. The number of likely N-dealkylation sites (N-methyl/N-ethyl adjacent to an activating group) is 1. The fraction of sp³-hybridized carbons (Fsp3) is 0.500. The van der Waals surface area contributed by atoms with Crippen LogP contribution >= 0.6 is 0 Å². The molecule has 0 radical (unpaired) electrons. The number of aliphatic hydroxyl groups excluding tert-OH is 1. The predicted octanol–water partition coefficient (Wildman–Crippen LogP) is 2.12. The van der Waals surface area contributed by atoms with Crippen molar-refractivity contribution in [2.75, 3.05) is 19.7 Å². The number of aliphatic hydroxyl groups is 1. The van der Waals surface area contributed by atoms with Crippen molar-refractivity contribution in [3.63, 3.8) is 0 Å². The Morgan fingerprint density at radius 2 is 2.19 bits per heavy atom. The second-order valence-electron chi connectivity index (χ2n) is 4.45. The van der Waals surface area contributed by atoms with Gasteiger partial charge < -0.3 is 20.1 Å². The van der Waals surface area contributed by atoms with E-state index in [2.05, 4.69) is 10.1 Å². The van der Waals surface area contributed by atoms with Gasteiger partial charge in [-0.15, -0.1) is 0 Å². The molecule has 1 aromatic rings. The Labute approximate surface area is 122 Å². The summed E-state index contributed by atoms with van der Waals surface area (Å²) in [6.45, 7) is 1.30. The monoisotopic (exact) mass is 302 g/mol. The third-order valence-corrected chi connectivity index (χ3v) is 2.90. The lowest BCUT2D eigenvalue weighted by Crippen LogP contribution is -2.41. The molecule has 0 unspecified atom stereocenters. The fourth-order valence-electron chi connectivity index (χ4n) is 1.86. The van der Waals surface area contributed by atoms with Gasteiger partial charge in [0.25, 0.3) is 0 Å². The van der Waals surface area contributed by atoms with Gasteiger partial charge in [-0.25, -0.2) is 4.79 Å². The SMILES string of the molecule is CCN(CCO)C(=O)NCc1cc(C)ccc1OC(F)F. The smallest absolute Gasteiger partial charge is 0.387 e. The number of amides is 2. The molecule has 0 aromatic heterocycles. The summed E-state index contributed by atoms with van der Waals surface area (Å²) >= 11 is 0. The molecule has 2 N–H and O–H groups in total. The van der Waals surface area contributed by atoms with E-state index in [-0.39, 0.29) is 31.5 Å². The van der Waals surface area contributed by atoms with Crippen LogP contribution in [0.2, 0.25) is 0 Å². The predicted molar refractivity (Wildman–Crippen MR) is 74.4 cm³/mol. The number of nitrogens with one attached hydrogen (secondary N) is 1. The summed E-state index contributed by atoms with van der Waals surface area (Å²) in [5.41, 5.74) is 1.35. The van der Waals surface area contributed by atoms with Crippen molar-refractivity contribution >= 4 is 6.03 Å². The van der Waals surface area contributed by atoms with Crippen molar-refractivity contribution in [1.82, 2.24) is 10.2 Å². The minimum Gasteiger partial charge on any atom is -0.434 e. The summed E-state index contributed by atoms with van der Waals surface area (Å²) in [5, 5.41) is 11.5. The first-order chi connectivity index (χ1) is 9.97. The molecule has 5 nitrogen and oxygen atoms in total. The molecule has 0 atom stereocenters. The molecule has 0 spiro atoms. The fourth-order valence-corrected chi connectivity index (χ4v) is 1.86. The van der Waals surface area contributed by atoms with Crippen LogP contribution in [0.3, 0.4) is 0 Å². The van der Waals surface area contributed by atoms with E-state index in [1.807, 2.05) is 6.92 Å². The van der Waals surface area contributed by atoms with Crippen LogP contribution in [-0.2, 0) is 6.54 Å². The number of carbonyl (C=O) groups is 1. The number of hydrogen-bond acceptors (Lipinski definition) is 3. The first-order valence-electron chi connectivity index (χ1n) is 6.65. The van der Waals surface area contributed by atoms with Crippen LogP contribution < -0.4 is 10.1 Å². The van der Waals surface area contributed by atoms with Gasteiger partial charge in [-0.3, -0.25) is 0 Å². The molecule has 0 bridgehead atoms. The van der Waals surface area contributed by atoms with Gasteiger partial charge in [0.05, 0.1) is 6.61 Å². The zero-order chi connectivity index (χ0) is 15.8. The van der Waals surface area contributed by atoms with Gasteiger partial charge in [-0.05, 0) is 19.9 Å². The van der Waals surface area contributed by atoms with Gasteiger partial charge in [-0.1, -0.05) is 17.7 Å². The van der Waals surface area contributed by atoms with E-state index in [0.29, 0.717) is 12.1 Å². The number of carbonyl (C=O) groups excluding carboxylic acids is 1. The van der Waals surface area contributed by atoms with Crippen LogP contribution in [0.4, 0.5) is 13.6 Å². The number of hydrogen-bond donors (Lipinski definition) is 2. The van der Waals surface area contributed by atoms with E-state index >= 15 is 0 Å². The molecule has 0 aliphatic heterocycles. The second-order valence-corrected chi connectivity index (χ2v) is 4.45. The van der Waals surface area contributed by atoms with Crippen LogP contribution in [0.25, 0.3) is 0 Å². The highest BCUT2D eigenvalue weighted by atomic mass is 19.3. The molecular formula is C14H20F2N2O3. The average molecular weight is 302 g/mol. The van der Waals surface area contributed by atoms with Crippen LogP contribution in [-0.4, -0.2) is 42.3 Å². The number of urea groups is 1. The highest BCUT2D eigenvalue weighted by Gasteiger charge is 2.13. The maximum atomic E-state index is 12.3. The van der Waals surface area contributed by atoms with Gasteiger partial charge in [0.2, 0.25) is 0 Å². The summed E-state index contributed by atoms with van der Waals surface area (Å²) in [6.07, 6.45) is 0. The van der Waals surface area contributed by atoms with E-state index in [9.17, 15) is 13.6 Å². The third kappa shape index (κ3) is 5.55. The minimum absolute atomic E-state index is 0.0427. The van der Waals surface area contributed by atoms with Crippen molar-refractivity contribution in [2.24, 2.45) is 0 Å². The van der Waals surface area contributed by atoms with Gasteiger partial charge in [0.15, 0.2) is 0 Å². The normalized spacial score (nSPS) is 10.6. The lowest BCUT2D eigenvalue weighted by Gasteiger charge is -2.20.